The van der Waals surface area contributed by atoms with Gasteiger partial charge in [0.1, 0.15) is 17.3 Å². The Morgan fingerprint density at radius 3 is 2.47 bits per heavy atom. The molecular weight excluding hydrogens is 216 g/mol. The highest BCUT2D eigenvalue weighted by Crippen LogP contribution is 2.33. The molecule has 0 saturated carbocycles. The number of hydrogen-bond acceptors (Lipinski definition) is 3. The first kappa shape index (κ1) is 11.9. The minimum Gasteiger partial charge on any atom is -0.497 e. The molecule has 0 atom stereocenters. The zero-order valence-electron chi connectivity index (χ0n) is 8.96. The van der Waals surface area contributed by atoms with Gasteiger partial charge >= 0.3 is 0 Å². The molecule has 0 saturated heterocycles. The maximum absolute atomic E-state index is 11.1. The van der Waals surface area contributed by atoms with Crippen LogP contribution in [0.1, 0.15) is 12.5 Å². The lowest BCUT2D eigenvalue weighted by molar-refractivity contribution is -0.116. The van der Waals surface area contributed by atoms with E-state index in [1.54, 1.807) is 19.2 Å². The molecule has 0 radical (unpaired) electrons. The van der Waals surface area contributed by atoms with Gasteiger partial charge in [-0.25, -0.2) is 0 Å². The molecule has 1 aromatic rings. The summed E-state index contributed by atoms with van der Waals surface area (Å²) in [6.45, 7) is 1.52. The van der Waals surface area contributed by atoms with Crippen LogP contribution in [0.5, 0.6) is 11.5 Å². The summed E-state index contributed by atoms with van der Waals surface area (Å²) in [5.41, 5.74) is 0.745. The van der Waals surface area contributed by atoms with Crippen molar-refractivity contribution < 1.29 is 14.3 Å². The molecule has 1 rings (SSSR count). The molecule has 1 aromatic carbocycles. The van der Waals surface area contributed by atoms with Crippen LogP contribution in [0.15, 0.2) is 12.1 Å². The summed E-state index contributed by atoms with van der Waals surface area (Å²) in [5, 5.41) is 0.452. The smallest absolute Gasteiger partial charge is 0.141 e. The number of carbonyl (C=O) groups is 1. The van der Waals surface area contributed by atoms with Gasteiger partial charge in [-0.2, -0.15) is 0 Å². The molecular formula is C11H13ClO3. The maximum atomic E-state index is 11.1. The Kier molecular flexibility index (Phi) is 3.97. The van der Waals surface area contributed by atoms with Crippen molar-refractivity contribution in [3.05, 3.63) is 22.7 Å². The minimum absolute atomic E-state index is 0.0534. The highest BCUT2D eigenvalue weighted by molar-refractivity contribution is 6.32. The second-order valence-electron chi connectivity index (χ2n) is 3.18. The summed E-state index contributed by atoms with van der Waals surface area (Å²) < 4.78 is 10.2. The average molecular weight is 229 g/mol. The van der Waals surface area contributed by atoms with Crippen LogP contribution in [0, 0.1) is 0 Å². The van der Waals surface area contributed by atoms with E-state index in [1.165, 1.54) is 14.0 Å². The molecule has 0 fully saturated rings. The van der Waals surface area contributed by atoms with Crippen molar-refractivity contribution in [2.45, 2.75) is 13.3 Å². The van der Waals surface area contributed by atoms with Crippen molar-refractivity contribution in [1.29, 1.82) is 0 Å². The van der Waals surface area contributed by atoms with E-state index < -0.39 is 0 Å². The standard InChI is InChI=1S/C11H13ClO3/c1-7(13)4-8-5-9(14-2)6-10(12)11(8)15-3/h5-6H,4H2,1-3H3. The molecule has 0 N–H and O–H groups in total. The summed E-state index contributed by atoms with van der Waals surface area (Å²) in [4.78, 5) is 11.1. The molecule has 0 heterocycles. The van der Waals surface area contributed by atoms with Crippen LogP contribution in [0.25, 0.3) is 0 Å². The number of hydrogen-bond donors (Lipinski definition) is 0. The molecule has 4 heteroatoms. The van der Waals surface area contributed by atoms with E-state index in [0.29, 0.717) is 22.9 Å². The van der Waals surface area contributed by atoms with Gasteiger partial charge in [0.05, 0.1) is 19.2 Å². The highest BCUT2D eigenvalue weighted by atomic mass is 35.5. The molecule has 0 bridgehead atoms. The predicted octanol–water partition coefficient (Wildman–Crippen LogP) is 2.49. The molecule has 0 aromatic heterocycles. The number of benzene rings is 1. The first-order valence-electron chi connectivity index (χ1n) is 4.48. The number of Topliss-reactive ketones (excluding diaryl/α,β-unsaturated/α-hetero) is 1. The first-order valence-corrected chi connectivity index (χ1v) is 4.86. The summed E-state index contributed by atoms with van der Waals surface area (Å²) in [6, 6.07) is 3.41. The zero-order valence-corrected chi connectivity index (χ0v) is 9.72. The SMILES string of the molecule is COc1cc(Cl)c(OC)c(CC(C)=O)c1. The minimum atomic E-state index is 0.0534. The fourth-order valence-corrected chi connectivity index (χ4v) is 1.67. The van der Waals surface area contributed by atoms with E-state index >= 15 is 0 Å². The van der Waals surface area contributed by atoms with Crippen molar-refractivity contribution in [2.75, 3.05) is 14.2 Å². The van der Waals surface area contributed by atoms with Crippen molar-refractivity contribution in [3.8, 4) is 11.5 Å². The van der Waals surface area contributed by atoms with Crippen molar-refractivity contribution >= 4 is 17.4 Å². The van der Waals surface area contributed by atoms with E-state index in [9.17, 15) is 4.79 Å². The number of rotatable bonds is 4. The quantitative estimate of drug-likeness (QED) is 0.794. The molecule has 0 spiro atoms. The van der Waals surface area contributed by atoms with Crippen molar-refractivity contribution in [3.63, 3.8) is 0 Å². The van der Waals surface area contributed by atoms with Crippen LogP contribution in [0.3, 0.4) is 0 Å². The molecule has 0 amide bonds. The van der Waals surface area contributed by atoms with Gasteiger partial charge in [0.2, 0.25) is 0 Å². The second-order valence-corrected chi connectivity index (χ2v) is 3.59. The maximum Gasteiger partial charge on any atom is 0.141 e. The first-order chi connectivity index (χ1) is 7.08. The Labute approximate surface area is 93.9 Å². The predicted molar refractivity (Wildman–Crippen MR) is 58.9 cm³/mol. The number of halogens is 1. The Bertz CT molecular complexity index is 374. The van der Waals surface area contributed by atoms with Crippen LogP contribution >= 0.6 is 11.6 Å². The van der Waals surface area contributed by atoms with Gasteiger partial charge in [0.25, 0.3) is 0 Å². The molecule has 0 aliphatic rings. The third-order valence-electron chi connectivity index (χ3n) is 1.97. The lowest BCUT2D eigenvalue weighted by Gasteiger charge is -2.11. The van der Waals surface area contributed by atoms with E-state index in [0.717, 1.165) is 5.56 Å². The second kappa shape index (κ2) is 5.03. The average Bonchev–Trinajstić information content (AvgIpc) is 2.16. The number of ketones is 1. The van der Waals surface area contributed by atoms with Crippen LogP contribution in [-0.2, 0) is 11.2 Å². The lowest BCUT2D eigenvalue weighted by atomic mass is 10.1. The van der Waals surface area contributed by atoms with Crippen LogP contribution in [0.2, 0.25) is 5.02 Å². The molecule has 3 nitrogen and oxygen atoms in total. The van der Waals surface area contributed by atoms with Gasteiger partial charge in [-0.1, -0.05) is 11.6 Å². The van der Waals surface area contributed by atoms with Gasteiger partial charge in [0.15, 0.2) is 0 Å². The summed E-state index contributed by atoms with van der Waals surface area (Å²) >= 11 is 5.98. The highest BCUT2D eigenvalue weighted by Gasteiger charge is 2.12. The monoisotopic (exact) mass is 228 g/mol. The largest absolute Gasteiger partial charge is 0.497 e. The van der Waals surface area contributed by atoms with Gasteiger partial charge < -0.3 is 9.47 Å². The fourth-order valence-electron chi connectivity index (χ4n) is 1.37. The lowest BCUT2D eigenvalue weighted by Crippen LogP contribution is -2.00. The van der Waals surface area contributed by atoms with Gasteiger partial charge in [-0.3, -0.25) is 4.79 Å². The fraction of sp³-hybridized carbons (Fsp3) is 0.364. The Balaban J connectivity index is 3.19. The van der Waals surface area contributed by atoms with Crippen LogP contribution in [0.4, 0.5) is 0 Å². The van der Waals surface area contributed by atoms with Crippen LogP contribution in [-0.4, -0.2) is 20.0 Å². The van der Waals surface area contributed by atoms with Gasteiger partial charge in [-0.05, 0) is 13.0 Å². The Morgan fingerprint density at radius 2 is 2.00 bits per heavy atom. The van der Waals surface area contributed by atoms with Gasteiger partial charge in [-0.15, -0.1) is 0 Å². The number of ether oxygens (including phenoxy) is 2. The summed E-state index contributed by atoms with van der Waals surface area (Å²) in [7, 11) is 3.08. The molecule has 0 aliphatic carbocycles. The molecule has 15 heavy (non-hydrogen) atoms. The normalized spacial score (nSPS) is 9.87. The summed E-state index contributed by atoms with van der Waals surface area (Å²) in [5.74, 6) is 1.21. The zero-order chi connectivity index (χ0) is 11.4. The Hall–Kier alpha value is -1.22. The van der Waals surface area contributed by atoms with E-state index in [2.05, 4.69) is 0 Å². The molecule has 0 unspecified atom stereocenters. The van der Waals surface area contributed by atoms with E-state index in [-0.39, 0.29) is 5.78 Å². The molecule has 82 valence electrons. The van der Waals surface area contributed by atoms with Gasteiger partial charge in [0, 0.05) is 18.1 Å². The van der Waals surface area contributed by atoms with E-state index in [4.69, 9.17) is 21.1 Å². The van der Waals surface area contributed by atoms with Crippen LogP contribution < -0.4 is 9.47 Å². The van der Waals surface area contributed by atoms with Crippen molar-refractivity contribution in [2.24, 2.45) is 0 Å². The summed E-state index contributed by atoms with van der Waals surface area (Å²) in [6.07, 6.45) is 0.292. The topological polar surface area (TPSA) is 35.5 Å². The third-order valence-corrected chi connectivity index (χ3v) is 2.25. The Morgan fingerprint density at radius 1 is 1.33 bits per heavy atom. The number of methoxy groups -OCH3 is 2. The third kappa shape index (κ3) is 2.86. The molecule has 0 aliphatic heterocycles. The van der Waals surface area contributed by atoms with E-state index in [1.807, 2.05) is 0 Å². The number of carbonyl (C=O) groups excluding carboxylic acids is 1. The van der Waals surface area contributed by atoms with Crippen molar-refractivity contribution in [1.82, 2.24) is 0 Å².